The second-order valence-electron chi connectivity index (χ2n) is 21.1. The van der Waals surface area contributed by atoms with Crippen molar-refractivity contribution in [1.29, 1.82) is 0 Å². The number of allylic oxidation sites excluding steroid dienone is 25. The Kier molecular flexibility index (Phi) is 16.9. The van der Waals surface area contributed by atoms with Crippen molar-refractivity contribution in [3.8, 4) is 23.0 Å². The summed E-state index contributed by atoms with van der Waals surface area (Å²) in [7, 11) is 8.84. The van der Waals surface area contributed by atoms with Crippen molar-refractivity contribution in [3.05, 3.63) is 303 Å². The Labute approximate surface area is 474 Å². The lowest BCUT2D eigenvalue weighted by molar-refractivity contribution is 0.142. The van der Waals surface area contributed by atoms with Crippen LogP contribution in [0.5, 0.6) is 23.0 Å². The van der Waals surface area contributed by atoms with Crippen LogP contribution >= 0.6 is 0 Å². The molecule has 6 aliphatic rings. The van der Waals surface area contributed by atoms with Crippen LogP contribution in [-0.2, 0) is 4.74 Å². The second kappa shape index (κ2) is 25.2. The van der Waals surface area contributed by atoms with Crippen LogP contribution in [-0.4, -0.2) is 41.7 Å². The highest BCUT2D eigenvalue weighted by atomic mass is 16.5. The van der Waals surface area contributed by atoms with Gasteiger partial charge in [-0.25, -0.2) is 0 Å². The fourth-order valence-corrected chi connectivity index (χ4v) is 12.7. The maximum atomic E-state index is 6.09. The predicted molar refractivity (Wildman–Crippen MR) is 330 cm³/mol. The minimum atomic E-state index is -0.276. The lowest BCUT2D eigenvalue weighted by Gasteiger charge is -2.35. The van der Waals surface area contributed by atoms with Crippen molar-refractivity contribution in [3.63, 3.8) is 0 Å². The Hall–Kier alpha value is -8.38. The smallest absolute Gasteiger partial charge is 0.118 e. The maximum Gasteiger partial charge on any atom is 0.118 e. The number of hydrogen-bond acceptors (Lipinski definition) is 5. The average molecular weight is 1050 g/mol. The first kappa shape index (κ1) is 53.6. The van der Waals surface area contributed by atoms with Crippen LogP contribution in [0.4, 0.5) is 0 Å². The fourth-order valence-electron chi connectivity index (χ4n) is 12.7. The molecule has 5 aromatic carbocycles. The molecule has 0 saturated heterocycles. The molecule has 1 fully saturated rings. The van der Waals surface area contributed by atoms with E-state index >= 15 is 0 Å². The van der Waals surface area contributed by atoms with Crippen LogP contribution in [0.15, 0.2) is 275 Å². The normalized spacial score (nSPS) is 22.4. The van der Waals surface area contributed by atoms with Gasteiger partial charge < -0.3 is 23.7 Å². The van der Waals surface area contributed by atoms with Gasteiger partial charge in [-0.05, 0) is 189 Å². The molecule has 0 radical (unpaired) electrons. The lowest BCUT2D eigenvalue weighted by atomic mass is 9.68. The SMILES string of the molecule is COc1ccc(/C(C2=CCCC=C2)=C2C(=C(/c3ccccc3)c3ccc(OC)cc3)\C(=C(C3=CCC(OC)C=C3)C3C=CC=CC3)C(C(C3=CC=CCC3)c3ccc(OC)cc3)C\2=C(/C2=CCCC=C2)c2ccc(OC)cc2)cc1. The quantitative estimate of drug-likeness (QED) is 0.0985. The molecule has 6 aliphatic carbocycles. The molecule has 0 heterocycles. The van der Waals surface area contributed by atoms with Crippen LogP contribution in [0.25, 0.3) is 16.7 Å². The summed E-state index contributed by atoms with van der Waals surface area (Å²) in [5, 5.41) is 0. The van der Waals surface area contributed by atoms with Crippen LogP contribution in [0.3, 0.4) is 0 Å². The number of hydrogen-bond donors (Lipinski definition) is 0. The van der Waals surface area contributed by atoms with Crippen LogP contribution in [0.2, 0.25) is 0 Å². The van der Waals surface area contributed by atoms with Gasteiger partial charge in [0.25, 0.3) is 0 Å². The van der Waals surface area contributed by atoms with Crippen molar-refractivity contribution in [2.45, 2.75) is 63.4 Å². The molecule has 4 unspecified atom stereocenters. The Balaban J connectivity index is 1.49. The van der Waals surface area contributed by atoms with E-state index in [2.05, 4.69) is 225 Å². The van der Waals surface area contributed by atoms with E-state index in [1.165, 1.54) is 66.9 Å². The summed E-state index contributed by atoms with van der Waals surface area (Å²) in [6, 6.07) is 46.6. The third kappa shape index (κ3) is 11.1. The zero-order chi connectivity index (χ0) is 54.8. The fraction of sp³-hybridized carbons (Fsp3) is 0.227. The minimum absolute atomic E-state index is 0.0178. The summed E-state index contributed by atoms with van der Waals surface area (Å²) in [5.74, 6) is 2.85. The highest BCUT2D eigenvalue weighted by Crippen LogP contribution is 2.63. The monoisotopic (exact) mass is 1050 g/mol. The molecular weight excluding hydrogens is 981 g/mol. The molecule has 5 heteroatoms. The summed E-state index contributed by atoms with van der Waals surface area (Å²) in [6.45, 7) is 0. The van der Waals surface area contributed by atoms with E-state index in [9.17, 15) is 0 Å². The Morgan fingerprint density at radius 2 is 0.988 bits per heavy atom. The van der Waals surface area contributed by atoms with Gasteiger partial charge in [0.1, 0.15) is 23.0 Å². The van der Waals surface area contributed by atoms with E-state index < -0.39 is 0 Å². The molecule has 80 heavy (non-hydrogen) atoms. The number of benzene rings is 5. The van der Waals surface area contributed by atoms with Crippen molar-refractivity contribution >= 4 is 16.7 Å². The second-order valence-corrected chi connectivity index (χ2v) is 21.1. The topological polar surface area (TPSA) is 46.2 Å². The van der Waals surface area contributed by atoms with E-state index in [4.69, 9.17) is 23.7 Å². The molecule has 402 valence electrons. The molecule has 0 bridgehead atoms. The number of rotatable bonds is 16. The van der Waals surface area contributed by atoms with E-state index in [-0.39, 0.29) is 23.9 Å². The van der Waals surface area contributed by atoms with Gasteiger partial charge >= 0.3 is 0 Å². The Morgan fingerprint density at radius 1 is 0.438 bits per heavy atom. The number of methoxy groups -OCH3 is 5. The van der Waals surface area contributed by atoms with Gasteiger partial charge in [-0.15, -0.1) is 0 Å². The van der Waals surface area contributed by atoms with Gasteiger partial charge in [0, 0.05) is 24.9 Å². The Morgan fingerprint density at radius 3 is 1.49 bits per heavy atom. The Bertz CT molecular complexity index is 3520. The highest BCUT2D eigenvalue weighted by Gasteiger charge is 2.48. The first-order chi connectivity index (χ1) is 39.5. The van der Waals surface area contributed by atoms with Crippen molar-refractivity contribution in [2.24, 2.45) is 11.8 Å². The summed E-state index contributed by atoms with van der Waals surface area (Å²) >= 11 is 0. The molecule has 5 nitrogen and oxygen atoms in total. The highest BCUT2D eigenvalue weighted by molar-refractivity contribution is 6.05. The molecule has 4 atom stereocenters. The van der Waals surface area contributed by atoms with Gasteiger partial charge in [0.05, 0.1) is 34.5 Å². The standard InChI is InChI=1S/C75H72O5/c1-76-61-41-31-56(32-42-61)66(51-21-11-6-12-22-51)71-72(67(52-23-13-7-14-24-52)57-33-43-62(77-2)44-34-57)74(69(54-27-17-9-18-28-54)59-37-47-64(79-4)48-38-59)75(70(55-29-19-10-20-30-55)60-39-49-65(80-5)50-40-60)73(71)68(53-25-15-8-16-26-53)58-35-45-63(78-3)46-36-58/h6-8,11-15,17,19,21,23-25,27-41,43-51,61,68,73H,9-10,16,18,20,22,26,42H2,1-5H3/b71-66?,72-67+,74-69+,75-70-. The minimum Gasteiger partial charge on any atom is -0.497 e. The first-order valence-corrected chi connectivity index (χ1v) is 28.4. The van der Waals surface area contributed by atoms with E-state index in [0.29, 0.717) is 0 Å². The van der Waals surface area contributed by atoms with Gasteiger partial charge in [-0.2, -0.15) is 0 Å². The summed E-state index contributed by atoms with van der Waals surface area (Å²) in [6.07, 6.45) is 45.1. The third-order valence-electron chi connectivity index (χ3n) is 16.5. The van der Waals surface area contributed by atoms with Crippen molar-refractivity contribution in [1.82, 2.24) is 0 Å². The first-order valence-electron chi connectivity index (χ1n) is 28.4. The van der Waals surface area contributed by atoms with E-state index in [0.717, 1.165) is 102 Å². The zero-order valence-electron chi connectivity index (χ0n) is 46.9. The molecule has 1 saturated carbocycles. The van der Waals surface area contributed by atoms with Crippen LogP contribution in [0.1, 0.15) is 85.1 Å². The molecular formula is C75H72O5. The van der Waals surface area contributed by atoms with Gasteiger partial charge in [-0.1, -0.05) is 182 Å². The molecule has 0 amide bonds. The molecule has 0 spiro atoms. The van der Waals surface area contributed by atoms with Crippen molar-refractivity contribution < 1.29 is 23.7 Å². The van der Waals surface area contributed by atoms with Gasteiger partial charge in [-0.3, -0.25) is 0 Å². The predicted octanol–water partition coefficient (Wildman–Crippen LogP) is 18.0. The van der Waals surface area contributed by atoms with Gasteiger partial charge in [0.15, 0.2) is 0 Å². The molecule has 5 aromatic rings. The van der Waals surface area contributed by atoms with E-state index in [1.807, 2.05) is 7.11 Å². The van der Waals surface area contributed by atoms with Gasteiger partial charge in [0.2, 0.25) is 0 Å². The summed E-state index contributed by atoms with van der Waals surface area (Å²) in [5.41, 5.74) is 20.6. The largest absolute Gasteiger partial charge is 0.497 e. The number of ether oxygens (including phenoxy) is 5. The average Bonchev–Trinajstić information content (AvgIpc) is 3.85. The summed E-state index contributed by atoms with van der Waals surface area (Å²) < 4.78 is 29.9. The summed E-state index contributed by atoms with van der Waals surface area (Å²) in [4.78, 5) is 0. The zero-order valence-corrected chi connectivity index (χ0v) is 46.9. The molecule has 11 rings (SSSR count). The molecule has 0 N–H and O–H groups in total. The maximum absolute atomic E-state index is 6.09. The third-order valence-corrected chi connectivity index (χ3v) is 16.5. The van der Waals surface area contributed by atoms with Crippen LogP contribution in [0, 0.1) is 11.8 Å². The molecule has 0 aliphatic heterocycles. The lowest BCUT2D eigenvalue weighted by Crippen LogP contribution is -2.22. The van der Waals surface area contributed by atoms with E-state index in [1.54, 1.807) is 28.4 Å². The molecule has 0 aromatic heterocycles. The van der Waals surface area contributed by atoms with Crippen LogP contribution < -0.4 is 18.9 Å². The van der Waals surface area contributed by atoms with Crippen molar-refractivity contribution in [2.75, 3.05) is 35.5 Å².